The van der Waals surface area contributed by atoms with Gasteiger partial charge in [-0.05, 0) is 18.2 Å². The summed E-state index contributed by atoms with van der Waals surface area (Å²) < 4.78 is 37.0. The molecule has 0 aliphatic rings. The minimum absolute atomic E-state index is 0.0883. The number of benzene rings is 1. The highest BCUT2D eigenvalue weighted by Crippen LogP contribution is 2.22. The molecule has 7 heteroatoms. The molecule has 1 aromatic carbocycles. The standard InChI is InChI=1S/C9H7FN2O3S/c10-16(13,14)15-8-3-1-2-7(6-8)9-4-5-11-12-9/h1-6H,(H,11,12). The number of halogens is 1. The van der Waals surface area contributed by atoms with E-state index in [2.05, 4.69) is 14.4 Å². The van der Waals surface area contributed by atoms with Gasteiger partial charge in [-0.15, -0.1) is 0 Å². The summed E-state index contributed by atoms with van der Waals surface area (Å²) in [5.74, 6) is -0.0883. The minimum atomic E-state index is -4.99. The second-order valence-electron chi connectivity index (χ2n) is 2.97. The Morgan fingerprint density at radius 3 is 2.75 bits per heavy atom. The predicted octanol–water partition coefficient (Wildman–Crippen LogP) is 1.67. The monoisotopic (exact) mass is 242 g/mol. The number of H-pyrrole nitrogens is 1. The molecule has 1 aromatic heterocycles. The Bertz CT molecular complexity index is 581. The van der Waals surface area contributed by atoms with Gasteiger partial charge in [-0.25, -0.2) is 0 Å². The number of aromatic amines is 1. The zero-order valence-electron chi connectivity index (χ0n) is 7.92. The first-order chi connectivity index (χ1) is 7.54. The fourth-order valence-corrected chi connectivity index (χ4v) is 1.58. The maximum absolute atomic E-state index is 12.3. The van der Waals surface area contributed by atoms with Crippen LogP contribution in [0.15, 0.2) is 36.5 Å². The van der Waals surface area contributed by atoms with Crippen molar-refractivity contribution in [3.8, 4) is 17.0 Å². The molecule has 84 valence electrons. The summed E-state index contributed by atoms with van der Waals surface area (Å²) in [6, 6.07) is 7.70. The molecule has 0 unspecified atom stereocenters. The van der Waals surface area contributed by atoms with Crippen LogP contribution in [0, 0.1) is 0 Å². The van der Waals surface area contributed by atoms with Gasteiger partial charge in [0.05, 0.1) is 5.69 Å². The minimum Gasteiger partial charge on any atom is -0.358 e. The first kappa shape index (κ1) is 10.6. The van der Waals surface area contributed by atoms with Gasteiger partial charge in [-0.2, -0.15) is 13.5 Å². The van der Waals surface area contributed by atoms with Crippen LogP contribution in [0.1, 0.15) is 0 Å². The van der Waals surface area contributed by atoms with Gasteiger partial charge >= 0.3 is 10.5 Å². The van der Waals surface area contributed by atoms with Crippen molar-refractivity contribution >= 4 is 10.5 Å². The number of hydrogen-bond acceptors (Lipinski definition) is 4. The molecule has 0 saturated carbocycles. The lowest BCUT2D eigenvalue weighted by Gasteiger charge is -2.02. The van der Waals surface area contributed by atoms with E-state index >= 15 is 0 Å². The Kier molecular flexibility index (Phi) is 2.61. The molecule has 2 aromatic rings. The van der Waals surface area contributed by atoms with Crippen LogP contribution in [0.5, 0.6) is 5.75 Å². The smallest absolute Gasteiger partial charge is 0.358 e. The molecule has 2 rings (SSSR count). The second kappa shape index (κ2) is 3.93. The molecule has 16 heavy (non-hydrogen) atoms. The highest BCUT2D eigenvalue weighted by molar-refractivity contribution is 7.81. The number of nitrogens with one attached hydrogen (secondary N) is 1. The molecule has 0 aliphatic carbocycles. The van der Waals surface area contributed by atoms with Gasteiger partial charge in [0.2, 0.25) is 0 Å². The van der Waals surface area contributed by atoms with Crippen LogP contribution in [0.2, 0.25) is 0 Å². The Labute approximate surface area is 91.3 Å². The van der Waals surface area contributed by atoms with Crippen molar-refractivity contribution in [2.45, 2.75) is 0 Å². The Hall–Kier alpha value is -1.89. The number of hydrogen-bond donors (Lipinski definition) is 1. The number of rotatable bonds is 3. The molecule has 0 spiro atoms. The molecule has 5 nitrogen and oxygen atoms in total. The van der Waals surface area contributed by atoms with E-state index in [0.717, 1.165) is 0 Å². The van der Waals surface area contributed by atoms with Crippen molar-refractivity contribution < 1.29 is 16.5 Å². The molecule has 0 fully saturated rings. The van der Waals surface area contributed by atoms with Crippen molar-refractivity contribution in [3.63, 3.8) is 0 Å². The molecule has 0 saturated heterocycles. The first-order valence-corrected chi connectivity index (χ1v) is 5.59. The lowest BCUT2D eigenvalue weighted by Crippen LogP contribution is -2.00. The van der Waals surface area contributed by atoms with Crippen LogP contribution >= 0.6 is 0 Å². The quantitative estimate of drug-likeness (QED) is 0.831. The van der Waals surface area contributed by atoms with E-state index < -0.39 is 10.5 Å². The second-order valence-corrected chi connectivity index (χ2v) is 3.93. The SMILES string of the molecule is O=S(=O)(F)Oc1cccc(-c2ccn[nH]2)c1. The summed E-state index contributed by atoms with van der Waals surface area (Å²) in [6.07, 6.45) is 1.55. The molecule has 0 bridgehead atoms. The summed E-state index contributed by atoms with van der Waals surface area (Å²) in [7, 11) is -4.99. The van der Waals surface area contributed by atoms with Gasteiger partial charge in [0.15, 0.2) is 0 Å². The normalized spacial score (nSPS) is 11.3. The third kappa shape index (κ3) is 2.57. The fraction of sp³-hybridized carbons (Fsp3) is 0. The van der Waals surface area contributed by atoms with Crippen LogP contribution in [0.4, 0.5) is 3.89 Å². The van der Waals surface area contributed by atoms with Gasteiger partial charge in [-0.3, -0.25) is 5.10 Å². The number of aromatic nitrogens is 2. The zero-order valence-corrected chi connectivity index (χ0v) is 8.74. The summed E-state index contributed by atoms with van der Waals surface area (Å²) in [5.41, 5.74) is 1.33. The van der Waals surface area contributed by atoms with Gasteiger partial charge in [0.25, 0.3) is 0 Å². The lowest BCUT2D eigenvalue weighted by atomic mass is 10.1. The summed E-state index contributed by atoms with van der Waals surface area (Å²) >= 11 is 0. The molecule has 0 aliphatic heterocycles. The third-order valence-electron chi connectivity index (χ3n) is 1.84. The molecule has 1 N–H and O–H groups in total. The summed E-state index contributed by atoms with van der Waals surface area (Å²) in [6.45, 7) is 0. The van der Waals surface area contributed by atoms with Gasteiger partial charge in [0.1, 0.15) is 5.75 Å². The van der Waals surface area contributed by atoms with E-state index in [1.807, 2.05) is 0 Å². The Morgan fingerprint density at radius 1 is 1.31 bits per heavy atom. The molecule has 0 amide bonds. The summed E-state index contributed by atoms with van der Waals surface area (Å²) in [5, 5.41) is 6.44. The molecule has 0 atom stereocenters. The van der Waals surface area contributed by atoms with Crippen molar-refractivity contribution in [2.75, 3.05) is 0 Å². The van der Waals surface area contributed by atoms with Crippen molar-refractivity contribution in [3.05, 3.63) is 36.5 Å². The molecule has 0 radical (unpaired) electrons. The zero-order chi connectivity index (χ0) is 11.6. The molecular weight excluding hydrogens is 235 g/mol. The predicted molar refractivity (Wildman–Crippen MR) is 54.7 cm³/mol. The molecule has 1 heterocycles. The van der Waals surface area contributed by atoms with Crippen molar-refractivity contribution in [1.29, 1.82) is 0 Å². The average molecular weight is 242 g/mol. The lowest BCUT2D eigenvalue weighted by molar-refractivity contribution is 0.440. The number of nitrogens with zero attached hydrogens (tertiary/aromatic N) is 1. The van der Waals surface area contributed by atoms with E-state index in [9.17, 15) is 12.3 Å². The highest BCUT2D eigenvalue weighted by Gasteiger charge is 2.10. The highest BCUT2D eigenvalue weighted by atomic mass is 32.3. The Morgan fingerprint density at radius 2 is 2.12 bits per heavy atom. The van der Waals surface area contributed by atoms with Crippen LogP contribution in [-0.4, -0.2) is 18.6 Å². The van der Waals surface area contributed by atoms with E-state index in [1.54, 1.807) is 24.4 Å². The largest absolute Gasteiger partial charge is 0.488 e. The third-order valence-corrected chi connectivity index (χ3v) is 2.23. The van der Waals surface area contributed by atoms with E-state index in [4.69, 9.17) is 0 Å². The van der Waals surface area contributed by atoms with Crippen LogP contribution in [-0.2, 0) is 10.5 Å². The maximum atomic E-state index is 12.3. The first-order valence-electron chi connectivity index (χ1n) is 4.28. The van der Waals surface area contributed by atoms with E-state index in [-0.39, 0.29) is 5.75 Å². The fourth-order valence-electron chi connectivity index (χ4n) is 1.25. The average Bonchev–Trinajstić information content (AvgIpc) is 2.68. The van der Waals surface area contributed by atoms with Gasteiger partial charge < -0.3 is 4.18 Å². The molecular formula is C9H7FN2O3S. The van der Waals surface area contributed by atoms with Crippen molar-refractivity contribution in [2.24, 2.45) is 0 Å². The Balaban J connectivity index is 2.34. The maximum Gasteiger partial charge on any atom is 0.488 e. The van der Waals surface area contributed by atoms with E-state index in [0.29, 0.717) is 11.3 Å². The van der Waals surface area contributed by atoms with Crippen molar-refractivity contribution in [1.82, 2.24) is 10.2 Å². The van der Waals surface area contributed by atoms with Crippen LogP contribution in [0.3, 0.4) is 0 Å². The van der Waals surface area contributed by atoms with Gasteiger partial charge in [0, 0.05) is 11.8 Å². The van der Waals surface area contributed by atoms with Gasteiger partial charge in [-0.1, -0.05) is 16.0 Å². The van der Waals surface area contributed by atoms with E-state index in [1.165, 1.54) is 12.1 Å². The topological polar surface area (TPSA) is 72.1 Å². The van der Waals surface area contributed by atoms with Crippen LogP contribution in [0.25, 0.3) is 11.3 Å². The van der Waals surface area contributed by atoms with Crippen LogP contribution < -0.4 is 4.18 Å². The summed E-state index contributed by atoms with van der Waals surface area (Å²) in [4.78, 5) is 0.